The van der Waals surface area contributed by atoms with Crippen LogP contribution in [-0.2, 0) is 0 Å². The van der Waals surface area contributed by atoms with Crippen LogP contribution in [0.2, 0.25) is 0 Å². The normalized spacial score (nSPS) is 10.3. The first kappa shape index (κ1) is 11.0. The maximum Gasteiger partial charge on any atom is 0.188 e. The molecule has 0 aliphatic carbocycles. The molecule has 0 spiro atoms. The van der Waals surface area contributed by atoms with Crippen LogP contribution in [0, 0.1) is 5.82 Å². The monoisotopic (exact) mass is 350 g/mol. The summed E-state index contributed by atoms with van der Waals surface area (Å²) in [5, 5.41) is 5.71. The van der Waals surface area contributed by atoms with E-state index in [4.69, 9.17) is 0 Å². The summed E-state index contributed by atoms with van der Waals surface area (Å²) in [6.07, 6.45) is 0. The Morgan fingerprint density at radius 2 is 2.13 bits per heavy atom. The molecule has 0 aliphatic rings. The van der Waals surface area contributed by atoms with Gasteiger partial charge in [-0.2, -0.15) is 0 Å². The maximum atomic E-state index is 12.9. The van der Waals surface area contributed by atoms with Crippen LogP contribution < -0.4 is 5.32 Å². The molecule has 2 nitrogen and oxygen atoms in total. The van der Waals surface area contributed by atoms with E-state index in [-0.39, 0.29) is 5.82 Å². The molecule has 0 unspecified atom stereocenters. The van der Waals surface area contributed by atoms with Crippen molar-refractivity contribution in [1.82, 2.24) is 4.98 Å². The number of hydrogen-bond donors (Lipinski definition) is 1. The molecule has 1 heterocycles. The van der Waals surface area contributed by atoms with Crippen LogP contribution in [0.5, 0.6) is 0 Å². The van der Waals surface area contributed by atoms with Crippen LogP contribution in [0.1, 0.15) is 0 Å². The van der Waals surface area contributed by atoms with Crippen LogP contribution in [0.25, 0.3) is 0 Å². The fraction of sp³-hybridized carbons (Fsp3) is 0. The predicted molar refractivity (Wildman–Crippen MR) is 67.2 cm³/mol. The fourth-order valence-electron chi connectivity index (χ4n) is 1.01. The Kier molecular flexibility index (Phi) is 3.38. The minimum absolute atomic E-state index is 0.277. The highest BCUT2D eigenvalue weighted by Crippen LogP contribution is 2.26. The van der Waals surface area contributed by atoms with Crippen molar-refractivity contribution >= 4 is 54.0 Å². The molecule has 0 amide bonds. The van der Waals surface area contributed by atoms with Crippen LogP contribution in [0.3, 0.4) is 0 Å². The summed E-state index contributed by atoms with van der Waals surface area (Å²) in [7, 11) is 0. The SMILES string of the molecule is Fc1ccc(Nc2nc(Br)cs2)cc1Br. The lowest BCUT2D eigenvalue weighted by Crippen LogP contribution is -1.89. The zero-order chi connectivity index (χ0) is 10.8. The van der Waals surface area contributed by atoms with E-state index >= 15 is 0 Å². The summed E-state index contributed by atoms with van der Waals surface area (Å²) in [4.78, 5) is 4.17. The summed E-state index contributed by atoms with van der Waals surface area (Å²) >= 11 is 7.86. The van der Waals surface area contributed by atoms with Crippen molar-refractivity contribution in [2.45, 2.75) is 0 Å². The van der Waals surface area contributed by atoms with Crippen molar-refractivity contribution in [3.63, 3.8) is 0 Å². The molecule has 0 bridgehead atoms. The summed E-state index contributed by atoms with van der Waals surface area (Å²) in [5.41, 5.74) is 0.796. The van der Waals surface area contributed by atoms with Gasteiger partial charge in [-0.25, -0.2) is 9.37 Å². The van der Waals surface area contributed by atoms with Crippen LogP contribution in [0.15, 0.2) is 32.7 Å². The summed E-state index contributed by atoms with van der Waals surface area (Å²) in [6, 6.07) is 4.73. The van der Waals surface area contributed by atoms with Gasteiger partial charge in [-0.3, -0.25) is 0 Å². The van der Waals surface area contributed by atoms with E-state index in [9.17, 15) is 4.39 Å². The molecule has 0 atom stereocenters. The Morgan fingerprint density at radius 3 is 2.73 bits per heavy atom. The van der Waals surface area contributed by atoms with Crippen molar-refractivity contribution < 1.29 is 4.39 Å². The van der Waals surface area contributed by atoms with Gasteiger partial charge in [-0.1, -0.05) is 0 Å². The lowest BCUT2D eigenvalue weighted by molar-refractivity contribution is 0.621. The number of nitrogens with one attached hydrogen (secondary N) is 1. The van der Waals surface area contributed by atoms with Crippen molar-refractivity contribution in [1.29, 1.82) is 0 Å². The Bertz CT molecular complexity index is 487. The Hall–Kier alpha value is -0.460. The van der Waals surface area contributed by atoms with Gasteiger partial charge in [0.15, 0.2) is 5.13 Å². The quantitative estimate of drug-likeness (QED) is 0.858. The van der Waals surface area contributed by atoms with Gasteiger partial charge in [-0.15, -0.1) is 11.3 Å². The minimum Gasteiger partial charge on any atom is -0.331 e. The minimum atomic E-state index is -0.277. The number of thiazole rings is 1. The van der Waals surface area contributed by atoms with Crippen molar-refractivity contribution in [3.8, 4) is 0 Å². The molecular weight excluding hydrogens is 347 g/mol. The first-order valence-electron chi connectivity index (χ1n) is 3.98. The van der Waals surface area contributed by atoms with E-state index in [1.807, 2.05) is 5.38 Å². The third-order valence-corrected chi connectivity index (χ3v) is 3.72. The zero-order valence-corrected chi connectivity index (χ0v) is 11.3. The van der Waals surface area contributed by atoms with E-state index in [1.165, 1.54) is 17.4 Å². The van der Waals surface area contributed by atoms with Crippen molar-refractivity contribution in [2.75, 3.05) is 5.32 Å². The first-order chi connectivity index (χ1) is 7.15. The van der Waals surface area contributed by atoms with E-state index < -0.39 is 0 Å². The molecule has 1 aromatic heterocycles. The molecule has 0 saturated heterocycles. The van der Waals surface area contributed by atoms with Crippen LogP contribution >= 0.6 is 43.2 Å². The van der Waals surface area contributed by atoms with Gasteiger partial charge in [0.1, 0.15) is 10.4 Å². The van der Waals surface area contributed by atoms with Gasteiger partial charge < -0.3 is 5.32 Å². The highest BCUT2D eigenvalue weighted by Gasteiger charge is 2.03. The molecule has 0 radical (unpaired) electrons. The van der Waals surface area contributed by atoms with E-state index in [0.717, 1.165) is 15.4 Å². The van der Waals surface area contributed by atoms with Gasteiger partial charge in [0.25, 0.3) is 0 Å². The third kappa shape index (κ3) is 2.76. The molecule has 1 N–H and O–H groups in total. The summed E-state index contributed by atoms with van der Waals surface area (Å²) in [6.45, 7) is 0. The second kappa shape index (κ2) is 4.59. The highest BCUT2D eigenvalue weighted by atomic mass is 79.9. The molecule has 15 heavy (non-hydrogen) atoms. The Labute approximate surface area is 107 Å². The molecular formula is C9H5Br2FN2S. The highest BCUT2D eigenvalue weighted by molar-refractivity contribution is 9.10. The van der Waals surface area contributed by atoms with Gasteiger partial charge in [-0.05, 0) is 50.1 Å². The van der Waals surface area contributed by atoms with Gasteiger partial charge in [0.2, 0.25) is 0 Å². The van der Waals surface area contributed by atoms with E-state index in [1.54, 1.807) is 12.1 Å². The number of benzene rings is 1. The van der Waals surface area contributed by atoms with E-state index in [0.29, 0.717) is 4.47 Å². The Morgan fingerprint density at radius 1 is 1.33 bits per heavy atom. The van der Waals surface area contributed by atoms with Gasteiger partial charge >= 0.3 is 0 Å². The maximum absolute atomic E-state index is 12.9. The molecule has 2 aromatic rings. The molecule has 78 valence electrons. The second-order valence-corrected chi connectivity index (χ2v) is 5.25. The topological polar surface area (TPSA) is 24.9 Å². The predicted octanol–water partition coefficient (Wildman–Crippen LogP) is 4.55. The molecule has 6 heteroatoms. The number of halogens is 3. The van der Waals surface area contributed by atoms with Crippen molar-refractivity contribution in [3.05, 3.63) is 38.5 Å². The number of hydrogen-bond acceptors (Lipinski definition) is 3. The number of rotatable bonds is 2. The number of aromatic nitrogens is 1. The second-order valence-electron chi connectivity index (χ2n) is 2.73. The lowest BCUT2D eigenvalue weighted by Gasteiger charge is -2.02. The molecule has 0 saturated carbocycles. The summed E-state index contributed by atoms with van der Waals surface area (Å²) < 4.78 is 14.2. The van der Waals surface area contributed by atoms with Gasteiger partial charge in [0.05, 0.1) is 4.47 Å². The summed E-state index contributed by atoms with van der Waals surface area (Å²) in [5.74, 6) is -0.277. The van der Waals surface area contributed by atoms with Crippen molar-refractivity contribution in [2.24, 2.45) is 0 Å². The fourth-order valence-corrected chi connectivity index (χ4v) is 2.55. The standard InChI is InChI=1S/C9H5Br2FN2S/c10-6-3-5(1-2-7(6)12)13-9-14-8(11)4-15-9/h1-4H,(H,13,14). The van der Waals surface area contributed by atoms with Gasteiger partial charge in [0, 0.05) is 11.1 Å². The lowest BCUT2D eigenvalue weighted by atomic mass is 10.3. The van der Waals surface area contributed by atoms with Crippen LogP contribution in [-0.4, -0.2) is 4.98 Å². The Balaban J connectivity index is 2.21. The molecule has 0 aliphatic heterocycles. The molecule has 1 aromatic carbocycles. The molecule has 2 rings (SSSR count). The zero-order valence-electron chi connectivity index (χ0n) is 7.30. The first-order valence-corrected chi connectivity index (χ1v) is 6.45. The third-order valence-electron chi connectivity index (χ3n) is 1.65. The van der Waals surface area contributed by atoms with Crippen LogP contribution in [0.4, 0.5) is 15.2 Å². The smallest absolute Gasteiger partial charge is 0.188 e. The molecule has 0 fully saturated rings. The van der Waals surface area contributed by atoms with E-state index in [2.05, 4.69) is 42.2 Å². The largest absolute Gasteiger partial charge is 0.331 e. The number of anilines is 2. The average molecular weight is 352 g/mol. The number of nitrogens with zero attached hydrogens (tertiary/aromatic N) is 1. The average Bonchev–Trinajstić information content (AvgIpc) is 2.58.